The third-order valence-corrected chi connectivity index (χ3v) is 8.35. The SMILES string of the molecule is CCCCCCCCCCCCCC[N+](C)(CCO)CCO.O=S(=O)([N-]S(=O)(=O)C(F)(F)F)C(F)(F)F. The summed E-state index contributed by atoms with van der Waals surface area (Å²) in [6.45, 7) is 5.31. The number of quaternary nitrogens is 1. The van der Waals surface area contributed by atoms with Gasteiger partial charge in [-0.15, -0.1) is 0 Å². The van der Waals surface area contributed by atoms with E-state index in [-0.39, 0.29) is 13.2 Å². The Morgan fingerprint density at radius 2 is 0.892 bits per heavy atom. The highest BCUT2D eigenvalue weighted by atomic mass is 32.3. The van der Waals surface area contributed by atoms with Gasteiger partial charge in [-0.3, -0.25) is 0 Å². The summed E-state index contributed by atoms with van der Waals surface area (Å²) in [6.07, 6.45) is 16.5. The molecule has 226 valence electrons. The van der Waals surface area contributed by atoms with Crippen LogP contribution in [0.2, 0.25) is 0 Å². The van der Waals surface area contributed by atoms with Gasteiger partial charge in [0.2, 0.25) is 0 Å². The minimum absolute atomic E-state index is 0.217. The van der Waals surface area contributed by atoms with Gasteiger partial charge in [0.05, 0.1) is 26.8 Å². The Bertz CT molecular complexity index is 742. The highest BCUT2D eigenvalue weighted by molar-refractivity contribution is 8.13. The Labute approximate surface area is 217 Å². The van der Waals surface area contributed by atoms with Crippen molar-refractivity contribution in [3.8, 4) is 0 Å². The van der Waals surface area contributed by atoms with Gasteiger partial charge in [0.1, 0.15) is 13.1 Å². The van der Waals surface area contributed by atoms with E-state index in [9.17, 15) is 43.2 Å². The maximum Gasteiger partial charge on any atom is 0.480 e. The molecule has 0 spiro atoms. The normalized spacial score (nSPS) is 13.4. The fourth-order valence-corrected chi connectivity index (χ4v) is 5.08. The second kappa shape index (κ2) is 18.6. The molecule has 0 aliphatic carbocycles. The molecule has 0 rings (SSSR count). The number of aliphatic hydroxyl groups is 2. The molecule has 0 aromatic carbocycles. The van der Waals surface area contributed by atoms with Crippen LogP contribution in [0.25, 0.3) is 4.13 Å². The van der Waals surface area contributed by atoms with E-state index in [0.29, 0.717) is 0 Å². The summed E-state index contributed by atoms with van der Waals surface area (Å²) in [5, 5.41) is 18.2. The molecular weight excluding hydrogens is 554 g/mol. The van der Waals surface area contributed by atoms with E-state index < -0.39 is 31.1 Å². The van der Waals surface area contributed by atoms with Crippen LogP contribution >= 0.6 is 0 Å². The van der Waals surface area contributed by atoms with E-state index in [1.807, 2.05) is 0 Å². The average Bonchev–Trinajstić information content (AvgIpc) is 2.73. The van der Waals surface area contributed by atoms with E-state index in [1.165, 1.54) is 77.0 Å². The maximum atomic E-state index is 11.4. The van der Waals surface area contributed by atoms with Crippen LogP contribution in [0.15, 0.2) is 0 Å². The van der Waals surface area contributed by atoms with E-state index in [1.54, 1.807) is 0 Å². The monoisotopic (exact) mass is 596 g/mol. The highest BCUT2D eigenvalue weighted by Crippen LogP contribution is 2.36. The smallest absolute Gasteiger partial charge is 0.421 e. The first-order valence-electron chi connectivity index (χ1n) is 12.3. The van der Waals surface area contributed by atoms with Crippen molar-refractivity contribution in [1.82, 2.24) is 0 Å². The third-order valence-electron chi connectivity index (χ3n) is 5.61. The van der Waals surface area contributed by atoms with Crippen LogP contribution in [0, 0.1) is 0 Å². The van der Waals surface area contributed by atoms with Gasteiger partial charge >= 0.3 is 11.0 Å². The predicted molar refractivity (Wildman–Crippen MR) is 129 cm³/mol. The van der Waals surface area contributed by atoms with Gasteiger partial charge in [0, 0.05) is 0 Å². The lowest BCUT2D eigenvalue weighted by Crippen LogP contribution is -2.48. The molecule has 0 aliphatic heterocycles. The molecule has 0 saturated carbocycles. The molecule has 0 radical (unpaired) electrons. The summed E-state index contributed by atoms with van der Waals surface area (Å²) >= 11 is 0. The van der Waals surface area contributed by atoms with Gasteiger partial charge in [0.15, 0.2) is 20.0 Å². The molecule has 0 unspecified atom stereocenters. The number of hydrogen-bond acceptors (Lipinski definition) is 6. The first-order chi connectivity index (χ1) is 16.9. The number of unbranched alkanes of at least 4 members (excludes halogenated alkanes) is 11. The number of rotatable bonds is 19. The van der Waals surface area contributed by atoms with Gasteiger partial charge in [-0.05, 0) is 12.8 Å². The summed E-state index contributed by atoms with van der Waals surface area (Å²) in [5.41, 5.74) is -12.4. The third kappa shape index (κ3) is 18.3. The van der Waals surface area contributed by atoms with Crippen molar-refractivity contribution >= 4 is 20.0 Å². The maximum absolute atomic E-state index is 11.4. The Balaban J connectivity index is 0. The molecule has 0 aromatic rings. The Morgan fingerprint density at radius 1 is 0.595 bits per heavy atom. The van der Waals surface area contributed by atoms with Crippen LogP contribution < -0.4 is 0 Å². The van der Waals surface area contributed by atoms with Gasteiger partial charge < -0.3 is 18.8 Å². The fourth-order valence-electron chi connectivity index (χ4n) is 3.37. The standard InChI is InChI=1S/C19H42NO2.C2F6NO4S2/c1-3-4-5-6-7-8-9-10-11-12-13-14-15-20(2,16-18-21)17-19-22;3-1(4,5)14(10,11)9-15(12,13)2(6,7)8/h21-22H,3-19H2,1-2H3;/q+1;-1. The molecule has 0 bridgehead atoms. The zero-order valence-corrected chi connectivity index (χ0v) is 23.2. The van der Waals surface area contributed by atoms with Gasteiger partial charge in [-0.1, -0.05) is 71.1 Å². The molecule has 0 aromatic heterocycles. The van der Waals surface area contributed by atoms with Crippen LogP contribution in [0.4, 0.5) is 26.3 Å². The summed E-state index contributed by atoms with van der Waals surface area (Å²) in [4.78, 5) is 0. The second-order valence-electron chi connectivity index (χ2n) is 9.04. The van der Waals surface area contributed by atoms with Crippen LogP contribution in [0.5, 0.6) is 0 Å². The molecule has 8 nitrogen and oxygen atoms in total. The van der Waals surface area contributed by atoms with Crippen LogP contribution in [0.3, 0.4) is 0 Å². The quantitative estimate of drug-likeness (QED) is 0.120. The molecular formula is C21H42F6N2O6S2. The van der Waals surface area contributed by atoms with Crippen molar-refractivity contribution < 1.29 is 57.9 Å². The van der Waals surface area contributed by atoms with Crippen LogP contribution in [-0.4, -0.2) is 82.4 Å². The zero-order valence-electron chi connectivity index (χ0n) is 21.5. The number of halogens is 6. The summed E-state index contributed by atoms with van der Waals surface area (Å²) in [7, 11) is -11.3. The Hall–Kier alpha value is -0.680. The van der Waals surface area contributed by atoms with Crippen molar-refractivity contribution in [3.05, 3.63) is 4.13 Å². The van der Waals surface area contributed by atoms with Gasteiger partial charge in [-0.25, -0.2) is 16.8 Å². The first-order valence-corrected chi connectivity index (χ1v) is 15.2. The lowest BCUT2D eigenvalue weighted by Gasteiger charge is -2.33. The van der Waals surface area contributed by atoms with Crippen molar-refractivity contribution in [2.75, 3.05) is 39.9 Å². The van der Waals surface area contributed by atoms with E-state index in [0.717, 1.165) is 28.2 Å². The van der Waals surface area contributed by atoms with Crippen LogP contribution in [-0.2, 0) is 20.0 Å². The molecule has 16 heteroatoms. The van der Waals surface area contributed by atoms with Gasteiger partial charge in [-0.2, -0.15) is 26.3 Å². The minimum Gasteiger partial charge on any atom is -0.421 e. The van der Waals surface area contributed by atoms with E-state index in [4.69, 9.17) is 10.2 Å². The largest absolute Gasteiger partial charge is 0.480 e. The van der Waals surface area contributed by atoms with Crippen LogP contribution in [0.1, 0.15) is 84.0 Å². The van der Waals surface area contributed by atoms with Crippen molar-refractivity contribution in [2.24, 2.45) is 0 Å². The number of alkyl halides is 6. The molecule has 37 heavy (non-hydrogen) atoms. The van der Waals surface area contributed by atoms with E-state index >= 15 is 0 Å². The molecule has 0 saturated heterocycles. The number of likely N-dealkylation sites (N-methyl/N-ethyl adjacent to an activating group) is 1. The van der Waals surface area contributed by atoms with Gasteiger partial charge in [0.25, 0.3) is 0 Å². The van der Waals surface area contributed by atoms with E-state index in [2.05, 4.69) is 14.0 Å². The lowest BCUT2D eigenvalue weighted by molar-refractivity contribution is -0.910. The lowest BCUT2D eigenvalue weighted by atomic mass is 10.1. The second-order valence-corrected chi connectivity index (χ2v) is 12.5. The van der Waals surface area contributed by atoms with Crippen molar-refractivity contribution in [3.63, 3.8) is 0 Å². The Morgan fingerprint density at radius 3 is 1.16 bits per heavy atom. The molecule has 0 fully saturated rings. The number of sulfonamides is 2. The number of hydrogen-bond donors (Lipinski definition) is 2. The molecule has 0 aliphatic rings. The first kappa shape index (κ1) is 38.5. The molecule has 0 heterocycles. The summed E-state index contributed by atoms with van der Waals surface area (Å²) < 4.78 is 110. The Kier molecular flexibility index (Phi) is 19.3. The zero-order chi connectivity index (χ0) is 29.2. The minimum atomic E-state index is -6.72. The van der Waals surface area contributed by atoms with Crippen molar-refractivity contribution in [2.45, 2.75) is 95.0 Å². The highest BCUT2D eigenvalue weighted by Gasteiger charge is 2.46. The molecule has 2 N–H and O–H groups in total. The molecule has 0 amide bonds. The predicted octanol–water partition coefficient (Wildman–Crippen LogP) is 5.18. The average molecular weight is 597 g/mol. The summed E-state index contributed by atoms with van der Waals surface area (Å²) in [5.74, 6) is 0. The fraction of sp³-hybridized carbons (Fsp3) is 1.00. The topological polar surface area (TPSA) is 123 Å². The van der Waals surface area contributed by atoms with Crippen molar-refractivity contribution in [1.29, 1.82) is 0 Å². The summed E-state index contributed by atoms with van der Waals surface area (Å²) in [6, 6.07) is 0. The number of aliphatic hydroxyl groups excluding tert-OH is 2. The number of nitrogens with zero attached hydrogens (tertiary/aromatic N) is 2. The molecule has 0 atom stereocenters.